The highest BCUT2D eigenvalue weighted by Crippen LogP contribution is 2.21. The van der Waals surface area contributed by atoms with Gasteiger partial charge in [-0.05, 0) is 44.2 Å². The lowest BCUT2D eigenvalue weighted by molar-refractivity contribution is -0.144. The molecule has 0 radical (unpaired) electrons. The van der Waals surface area contributed by atoms with Crippen molar-refractivity contribution in [3.8, 4) is 11.8 Å². The van der Waals surface area contributed by atoms with Crippen LogP contribution in [0.5, 0.6) is 5.75 Å². The Hall–Kier alpha value is -3.54. The molecule has 1 saturated heterocycles. The highest BCUT2D eigenvalue weighted by molar-refractivity contribution is 6.18. The molecule has 0 spiro atoms. The summed E-state index contributed by atoms with van der Waals surface area (Å²) < 4.78 is 15.1. The molecule has 1 aromatic carbocycles. The molecule has 1 unspecified atom stereocenters. The first-order chi connectivity index (χ1) is 14.9. The van der Waals surface area contributed by atoms with Crippen LogP contribution in [0, 0.1) is 22.7 Å². The first-order valence-corrected chi connectivity index (χ1v) is 10.1. The normalized spacial score (nSPS) is 15.0. The van der Waals surface area contributed by atoms with Gasteiger partial charge >= 0.3 is 11.9 Å². The molecule has 0 bridgehead atoms. The third-order valence-corrected chi connectivity index (χ3v) is 4.80. The van der Waals surface area contributed by atoms with Gasteiger partial charge in [0.15, 0.2) is 5.92 Å². The summed E-state index contributed by atoms with van der Waals surface area (Å²) in [6, 6.07) is 9.55. The first-order valence-electron chi connectivity index (χ1n) is 10.1. The number of ether oxygens (including phenoxy) is 3. The zero-order valence-corrected chi connectivity index (χ0v) is 18.1. The van der Waals surface area contributed by atoms with Crippen LogP contribution in [0.4, 0.5) is 5.69 Å². The fourth-order valence-corrected chi connectivity index (χ4v) is 3.16. The van der Waals surface area contributed by atoms with E-state index in [2.05, 4.69) is 4.90 Å². The summed E-state index contributed by atoms with van der Waals surface area (Å²) in [7, 11) is 1.62. The summed E-state index contributed by atoms with van der Waals surface area (Å²) in [5, 5.41) is 17.9. The number of nitrogens with zero attached hydrogens (tertiary/aromatic N) is 3. The first kappa shape index (κ1) is 23.7. The number of rotatable bonds is 8. The summed E-state index contributed by atoms with van der Waals surface area (Å²) in [4.78, 5) is 28.4. The van der Waals surface area contributed by atoms with Crippen LogP contribution in [0.15, 0.2) is 35.9 Å². The Kier molecular flexibility index (Phi) is 8.88. The number of hydrogen-bond acceptors (Lipinski definition) is 8. The van der Waals surface area contributed by atoms with Gasteiger partial charge in [-0.15, -0.1) is 0 Å². The Morgan fingerprint density at radius 3 is 2.26 bits per heavy atom. The molecule has 9 heteroatoms. The predicted molar refractivity (Wildman–Crippen MR) is 115 cm³/mol. The molecular weight excluding hydrogens is 400 g/mol. The van der Waals surface area contributed by atoms with Gasteiger partial charge in [0.05, 0.1) is 32.0 Å². The molecule has 9 nitrogen and oxygen atoms in total. The van der Waals surface area contributed by atoms with E-state index < -0.39 is 17.9 Å². The number of carbonyl (C=O) groups excluding carboxylic acids is 2. The van der Waals surface area contributed by atoms with Gasteiger partial charge in [0, 0.05) is 31.9 Å². The van der Waals surface area contributed by atoms with Crippen molar-refractivity contribution < 1.29 is 23.8 Å². The van der Waals surface area contributed by atoms with Crippen molar-refractivity contribution in [3.63, 3.8) is 0 Å². The summed E-state index contributed by atoms with van der Waals surface area (Å²) in [5.74, 6) is -2.08. The number of nitrogens with one attached hydrogen (secondary N) is 1. The number of amidine groups is 1. The van der Waals surface area contributed by atoms with Gasteiger partial charge in [0.1, 0.15) is 11.6 Å². The average Bonchev–Trinajstić information content (AvgIpc) is 2.80. The Bertz CT molecular complexity index is 852. The van der Waals surface area contributed by atoms with Gasteiger partial charge < -0.3 is 24.0 Å². The molecule has 1 fully saturated rings. The van der Waals surface area contributed by atoms with Crippen molar-refractivity contribution in [1.82, 2.24) is 4.90 Å². The molecule has 1 N–H and O–H groups in total. The number of hydrogen-bond donors (Lipinski definition) is 1. The standard InChI is InChI=1S/C22H28N4O5/c1-4-30-21(27)16(15-23)14-19(22(28)31-5-2)20(24)26-12-10-25(11-13-26)17-6-8-18(29-3)9-7-17/h6-9,14,16,24H,4-5,10-13H2,1-3H3/b19-14-,24-20?. The highest BCUT2D eigenvalue weighted by atomic mass is 16.5. The third kappa shape index (κ3) is 6.22. The number of nitriles is 1. The molecule has 0 amide bonds. The maximum atomic E-state index is 12.5. The van der Waals surface area contributed by atoms with Crippen LogP contribution in [0.2, 0.25) is 0 Å². The smallest absolute Gasteiger partial charge is 0.341 e. The summed E-state index contributed by atoms with van der Waals surface area (Å²) in [6.45, 7) is 5.80. The van der Waals surface area contributed by atoms with Crippen LogP contribution in [-0.4, -0.2) is 69.2 Å². The van der Waals surface area contributed by atoms with Crippen LogP contribution >= 0.6 is 0 Å². The highest BCUT2D eigenvalue weighted by Gasteiger charge is 2.28. The Labute approximate surface area is 182 Å². The van der Waals surface area contributed by atoms with Gasteiger partial charge in [0.25, 0.3) is 0 Å². The van der Waals surface area contributed by atoms with E-state index in [0.717, 1.165) is 17.5 Å². The topological polar surface area (TPSA) is 116 Å². The molecule has 2 rings (SSSR count). The molecule has 31 heavy (non-hydrogen) atoms. The van der Waals surface area contributed by atoms with Crippen molar-refractivity contribution in [2.24, 2.45) is 5.92 Å². The van der Waals surface area contributed by atoms with E-state index >= 15 is 0 Å². The van der Waals surface area contributed by atoms with Gasteiger partial charge in [-0.3, -0.25) is 10.2 Å². The second kappa shape index (κ2) is 11.6. The molecule has 1 aliphatic rings. The van der Waals surface area contributed by atoms with Crippen LogP contribution in [0.25, 0.3) is 0 Å². The number of carbonyl (C=O) groups is 2. The van der Waals surface area contributed by atoms with E-state index in [-0.39, 0.29) is 24.6 Å². The van der Waals surface area contributed by atoms with Crippen molar-refractivity contribution in [2.45, 2.75) is 13.8 Å². The number of esters is 2. The molecule has 1 aliphatic heterocycles. The lowest BCUT2D eigenvalue weighted by Crippen LogP contribution is -2.49. The molecule has 166 valence electrons. The summed E-state index contributed by atoms with van der Waals surface area (Å²) in [5.41, 5.74) is 0.930. The minimum absolute atomic E-state index is 0.0719. The van der Waals surface area contributed by atoms with E-state index in [1.807, 2.05) is 30.3 Å². The Morgan fingerprint density at radius 1 is 1.13 bits per heavy atom. The fourth-order valence-electron chi connectivity index (χ4n) is 3.16. The van der Waals surface area contributed by atoms with Gasteiger partial charge in [-0.1, -0.05) is 0 Å². The van der Waals surface area contributed by atoms with E-state index in [1.165, 1.54) is 0 Å². The summed E-state index contributed by atoms with van der Waals surface area (Å²) in [6.07, 6.45) is 1.16. The zero-order valence-electron chi connectivity index (χ0n) is 18.1. The number of piperazine rings is 1. The Balaban J connectivity index is 2.14. The maximum absolute atomic E-state index is 12.5. The van der Waals surface area contributed by atoms with Crippen molar-refractivity contribution in [1.29, 1.82) is 10.7 Å². The van der Waals surface area contributed by atoms with Gasteiger partial charge in [0.2, 0.25) is 0 Å². The number of anilines is 1. The van der Waals surface area contributed by atoms with Crippen LogP contribution in [0.3, 0.4) is 0 Å². The maximum Gasteiger partial charge on any atom is 0.341 e. The van der Waals surface area contributed by atoms with Crippen LogP contribution in [0.1, 0.15) is 13.8 Å². The van der Waals surface area contributed by atoms with E-state index in [0.29, 0.717) is 26.2 Å². The predicted octanol–water partition coefficient (Wildman–Crippen LogP) is 1.99. The molecular formula is C22H28N4O5. The average molecular weight is 428 g/mol. The minimum atomic E-state index is -1.29. The number of methoxy groups -OCH3 is 1. The van der Waals surface area contributed by atoms with Gasteiger partial charge in [-0.2, -0.15) is 5.26 Å². The monoisotopic (exact) mass is 428 g/mol. The minimum Gasteiger partial charge on any atom is -0.497 e. The van der Waals surface area contributed by atoms with E-state index in [9.17, 15) is 14.9 Å². The Morgan fingerprint density at radius 2 is 1.74 bits per heavy atom. The number of benzene rings is 1. The molecule has 1 atom stereocenters. The van der Waals surface area contributed by atoms with Crippen molar-refractivity contribution in [3.05, 3.63) is 35.9 Å². The van der Waals surface area contributed by atoms with Crippen molar-refractivity contribution >= 4 is 23.5 Å². The molecule has 0 saturated carbocycles. The quantitative estimate of drug-likeness (QED) is 0.289. The van der Waals surface area contributed by atoms with E-state index in [1.54, 1.807) is 25.9 Å². The largest absolute Gasteiger partial charge is 0.497 e. The second-order valence-electron chi connectivity index (χ2n) is 6.68. The molecule has 1 aromatic rings. The third-order valence-electron chi connectivity index (χ3n) is 4.80. The van der Waals surface area contributed by atoms with Gasteiger partial charge in [-0.25, -0.2) is 4.79 Å². The lowest BCUT2D eigenvalue weighted by Gasteiger charge is -2.37. The second-order valence-corrected chi connectivity index (χ2v) is 6.68. The fraction of sp³-hybridized carbons (Fsp3) is 0.455. The van der Waals surface area contributed by atoms with Crippen molar-refractivity contribution in [2.75, 3.05) is 51.4 Å². The zero-order chi connectivity index (χ0) is 22.8. The molecule has 0 aliphatic carbocycles. The van der Waals surface area contributed by atoms with Crippen LogP contribution < -0.4 is 9.64 Å². The molecule has 0 aromatic heterocycles. The summed E-state index contributed by atoms with van der Waals surface area (Å²) >= 11 is 0. The van der Waals surface area contributed by atoms with E-state index in [4.69, 9.17) is 19.6 Å². The lowest BCUT2D eigenvalue weighted by atomic mass is 10.1. The molecule has 1 heterocycles. The SMILES string of the molecule is CCOC(=O)/C(=C\C(C#N)C(=O)OCC)C(=N)N1CCN(c2ccc(OC)cc2)CC1. The van der Waals surface area contributed by atoms with Crippen LogP contribution in [-0.2, 0) is 19.1 Å².